The first kappa shape index (κ1) is 18.5. The average Bonchev–Trinajstić information content (AvgIpc) is 3.06. The van der Waals surface area contributed by atoms with Crippen LogP contribution in [0.15, 0.2) is 18.3 Å². The zero-order chi connectivity index (χ0) is 18.6. The molecule has 0 unspecified atom stereocenters. The molecule has 3 aromatic rings. The van der Waals surface area contributed by atoms with Gasteiger partial charge in [0.1, 0.15) is 4.32 Å². The summed E-state index contributed by atoms with van der Waals surface area (Å²) in [7, 11) is 0. The number of carbonyl (C=O) groups is 2. The lowest BCUT2D eigenvalue weighted by molar-refractivity contribution is -0.117. The molecule has 0 aliphatic carbocycles. The molecular weight excluding hydrogens is 472 g/mol. The predicted molar refractivity (Wildman–Crippen MR) is 108 cm³/mol. The molecule has 132 valence electrons. The third-order valence-corrected chi connectivity index (χ3v) is 5.28. The molecule has 6 nitrogen and oxygen atoms in total. The SMILES string of the molecule is CC(C)(Br)C(=O)Nc1nc2ccc3c(cnn3C(=O)C(C)(C)Br)c2s1. The van der Waals surface area contributed by atoms with E-state index < -0.39 is 8.65 Å². The number of hydrogen-bond donors (Lipinski definition) is 1. The molecule has 2 aromatic heterocycles. The van der Waals surface area contributed by atoms with E-state index in [4.69, 9.17) is 0 Å². The Bertz CT molecular complexity index is 995. The normalized spacial score (nSPS) is 12.7. The predicted octanol–water partition coefficient (Wildman–Crippen LogP) is 4.57. The van der Waals surface area contributed by atoms with Crippen molar-refractivity contribution in [3.63, 3.8) is 0 Å². The van der Waals surface area contributed by atoms with E-state index in [-0.39, 0.29) is 11.8 Å². The fraction of sp³-hybridized carbons (Fsp3) is 0.375. The number of fused-ring (bicyclic) bond motifs is 3. The van der Waals surface area contributed by atoms with Gasteiger partial charge in [0.15, 0.2) is 5.13 Å². The molecule has 0 spiro atoms. The molecule has 1 N–H and O–H groups in total. The number of alkyl halides is 2. The molecule has 0 atom stereocenters. The second-order valence-electron chi connectivity index (χ2n) is 6.63. The van der Waals surface area contributed by atoms with Crippen molar-refractivity contribution in [2.45, 2.75) is 36.3 Å². The number of thiazole rings is 1. The molecule has 1 aromatic carbocycles. The standard InChI is InChI=1S/C16H16Br2N4O2S/c1-15(2,17)12(23)21-14-20-9-5-6-10-8(11(9)25-14)7-19-22(10)13(24)16(3,4)18/h5-7H,1-4H3,(H,20,21,23). The Balaban J connectivity index is 2.07. The first-order chi connectivity index (χ1) is 11.5. The highest BCUT2D eigenvalue weighted by atomic mass is 79.9. The van der Waals surface area contributed by atoms with Crippen molar-refractivity contribution >= 4 is 81.3 Å². The summed E-state index contributed by atoms with van der Waals surface area (Å²) in [6.07, 6.45) is 1.66. The zero-order valence-electron chi connectivity index (χ0n) is 14.1. The lowest BCUT2D eigenvalue weighted by atomic mass is 10.2. The third kappa shape index (κ3) is 3.50. The quantitative estimate of drug-likeness (QED) is 0.549. The fourth-order valence-electron chi connectivity index (χ4n) is 2.20. The molecule has 0 aliphatic rings. The Morgan fingerprint density at radius 2 is 1.84 bits per heavy atom. The Labute approximate surface area is 165 Å². The first-order valence-corrected chi connectivity index (χ1v) is 9.90. The maximum absolute atomic E-state index is 12.5. The smallest absolute Gasteiger partial charge is 0.263 e. The molecule has 0 bridgehead atoms. The summed E-state index contributed by atoms with van der Waals surface area (Å²) < 4.78 is 0.878. The molecule has 3 rings (SSSR count). The minimum absolute atomic E-state index is 0.152. The topological polar surface area (TPSA) is 76.9 Å². The van der Waals surface area contributed by atoms with Gasteiger partial charge < -0.3 is 5.32 Å². The monoisotopic (exact) mass is 486 g/mol. The second-order valence-corrected chi connectivity index (χ2v) is 11.6. The van der Waals surface area contributed by atoms with Gasteiger partial charge in [0, 0.05) is 5.39 Å². The van der Waals surface area contributed by atoms with E-state index >= 15 is 0 Å². The number of nitrogens with one attached hydrogen (secondary N) is 1. The van der Waals surface area contributed by atoms with Crippen molar-refractivity contribution in [1.82, 2.24) is 14.8 Å². The number of hydrogen-bond acceptors (Lipinski definition) is 5. The minimum atomic E-state index is -0.713. The van der Waals surface area contributed by atoms with Gasteiger partial charge in [-0.2, -0.15) is 9.78 Å². The Morgan fingerprint density at radius 1 is 1.16 bits per heavy atom. The summed E-state index contributed by atoms with van der Waals surface area (Å²) in [5.41, 5.74) is 1.47. The molecule has 0 saturated carbocycles. The molecule has 2 heterocycles. The second kappa shape index (κ2) is 6.14. The van der Waals surface area contributed by atoms with Crippen LogP contribution in [-0.4, -0.2) is 35.2 Å². The van der Waals surface area contributed by atoms with Crippen molar-refractivity contribution in [1.29, 1.82) is 0 Å². The van der Waals surface area contributed by atoms with Gasteiger partial charge in [0.2, 0.25) is 5.91 Å². The number of anilines is 1. The molecule has 1 amide bonds. The van der Waals surface area contributed by atoms with Crippen LogP contribution in [0.1, 0.15) is 32.5 Å². The van der Waals surface area contributed by atoms with Crippen LogP contribution in [0, 0.1) is 0 Å². The maximum Gasteiger partial charge on any atom is 0.263 e. The molecular formula is C16H16Br2N4O2S. The number of carbonyl (C=O) groups excluding carboxylic acids is 2. The molecule has 25 heavy (non-hydrogen) atoms. The number of rotatable bonds is 3. The third-order valence-electron chi connectivity index (χ3n) is 3.56. The number of nitrogens with zero attached hydrogens (tertiary/aromatic N) is 3. The van der Waals surface area contributed by atoms with E-state index in [9.17, 15) is 9.59 Å². The highest BCUT2D eigenvalue weighted by molar-refractivity contribution is 9.10. The largest absolute Gasteiger partial charge is 0.301 e. The lowest BCUT2D eigenvalue weighted by Crippen LogP contribution is -2.30. The van der Waals surface area contributed by atoms with Crippen LogP contribution in [0.3, 0.4) is 0 Å². The zero-order valence-corrected chi connectivity index (χ0v) is 18.0. The highest BCUT2D eigenvalue weighted by Gasteiger charge is 2.28. The molecule has 0 radical (unpaired) electrons. The Morgan fingerprint density at radius 3 is 2.44 bits per heavy atom. The Kier molecular flexibility index (Phi) is 4.53. The lowest BCUT2D eigenvalue weighted by Gasteiger charge is -2.14. The summed E-state index contributed by atoms with van der Waals surface area (Å²) in [5.74, 6) is -0.323. The van der Waals surface area contributed by atoms with Crippen LogP contribution in [-0.2, 0) is 4.79 Å². The maximum atomic E-state index is 12.5. The van der Waals surface area contributed by atoms with Crippen LogP contribution in [0.5, 0.6) is 0 Å². The van der Waals surface area contributed by atoms with Gasteiger partial charge in [-0.3, -0.25) is 9.59 Å². The van der Waals surface area contributed by atoms with Crippen molar-refractivity contribution in [2.75, 3.05) is 5.32 Å². The number of amides is 1. The number of halogens is 2. The van der Waals surface area contributed by atoms with Crippen molar-refractivity contribution in [3.05, 3.63) is 18.3 Å². The van der Waals surface area contributed by atoms with Gasteiger partial charge in [-0.15, -0.1) is 0 Å². The molecule has 0 aliphatic heterocycles. The Hall–Kier alpha value is -1.32. The van der Waals surface area contributed by atoms with Crippen molar-refractivity contribution in [2.24, 2.45) is 0 Å². The van der Waals surface area contributed by atoms with E-state index in [0.717, 1.165) is 15.6 Å². The van der Waals surface area contributed by atoms with Gasteiger partial charge >= 0.3 is 0 Å². The van der Waals surface area contributed by atoms with Gasteiger partial charge in [0.25, 0.3) is 5.91 Å². The van der Waals surface area contributed by atoms with E-state index in [1.165, 1.54) is 16.0 Å². The summed E-state index contributed by atoms with van der Waals surface area (Å²) in [4.78, 5) is 29.1. The number of aromatic nitrogens is 3. The van der Waals surface area contributed by atoms with Crippen LogP contribution in [0.2, 0.25) is 0 Å². The summed E-state index contributed by atoms with van der Waals surface area (Å²) in [5, 5.41) is 8.40. The van der Waals surface area contributed by atoms with E-state index in [1.54, 1.807) is 33.9 Å². The molecule has 0 fully saturated rings. The average molecular weight is 488 g/mol. The summed E-state index contributed by atoms with van der Waals surface area (Å²) >= 11 is 8.07. The molecule has 9 heteroatoms. The molecule has 0 saturated heterocycles. The number of benzene rings is 1. The highest BCUT2D eigenvalue weighted by Crippen LogP contribution is 2.34. The minimum Gasteiger partial charge on any atom is -0.301 e. The van der Waals surface area contributed by atoms with E-state index in [0.29, 0.717) is 10.6 Å². The van der Waals surface area contributed by atoms with Crippen LogP contribution in [0.4, 0.5) is 5.13 Å². The summed E-state index contributed by atoms with van der Waals surface area (Å²) in [6, 6.07) is 3.65. The van der Waals surface area contributed by atoms with Crippen molar-refractivity contribution in [3.8, 4) is 0 Å². The van der Waals surface area contributed by atoms with E-state index in [2.05, 4.69) is 47.3 Å². The fourth-order valence-corrected chi connectivity index (χ4v) is 3.44. The van der Waals surface area contributed by atoms with Gasteiger partial charge in [-0.1, -0.05) is 43.2 Å². The van der Waals surface area contributed by atoms with Gasteiger partial charge in [-0.05, 0) is 39.8 Å². The van der Waals surface area contributed by atoms with Gasteiger partial charge in [0.05, 0.1) is 26.3 Å². The van der Waals surface area contributed by atoms with Crippen LogP contribution >= 0.6 is 43.2 Å². The first-order valence-electron chi connectivity index (χ1n) is 7.50. The van der Waals surface area contributed by atoms with Crippen molar-refractivity contribution < 1.29 is 9.59 Å². The van der Waals surface area contributed by atoms with Gasteiger partial charge in [-0.25, -0.2) is 4.98 Å². The van der Waals surface area contributed by atoms with Crippen LogP contribution in [0.25, 0.3) is 21.1 Å². The van der Waals surface area contributed by atoms with E-state index in [1.807, 2.05) is 12.1 Å². The van der Waals surface area contributed by atoms with Crippen LogP contribution < -0.4 is 5.32 Å². The summed E-state index contributed by atoms with van der Waals surface area (Å²) in [6.45, 7) is 7.10.